The van der Waals surface area contributed by atoms with E-state index in [9.17, 15) is 29.1 Å². The molecule has 1 aromatic heterocycles. The molecule has 1 atom stereocenters. The van der Waals surface area contributed by atoms with Gasteiger partial charge in [-0.1, -0.05) is 23.7 Å². The van der Waals surface area contributed by atoms with Gasteiger partial charge in [-0.15, -0.1) is 5.10 Å². The smallest absolute Gasteiger partial charge is 0.335 e. The molecule has 1 saturated heterocycles. The number of aromatic nitrogens is 4. The number of benzene rings is 3. The summed E-state index contributed by atoms with van der Waals surface area (Å²) < 4.78 is 6.77. The van der Waals surface area contributed by atoms with Gasteiger partial charge in [0.1, 0.15) is 12.4 Å². The van der Waals surface area contributed by atoms with Crippen LogP contribution in [0.25, 0.3) is 5.69 Å². The van der Waals surface area contributed by atoms with Crippen molar-refractivity contribution >= 4 is 58.3 Å². The van der Waals surface area contributed by atoms with E-state index in [-0.39, 0.29) is 40.4 Å². The lowest BCUT2D eigenvalue weighted by Gasteiger charge is -2.41. The van der Waals surface area contributed by atoms with Crippen molar-refractivity contribution in [1.29, 1.82) is 0 Å². The first-order chi connectivity index (χ1) is 25.6. The van der Waals surface area contributed by atoms with Crippen molar-refractivity contribution in [2.24, 2.45) is 0 Å². The fourth-order valence-electron chi connectivity index (χ4n) is 6.59. The summed E-state index contributed by atoms with van der Waals surface area (Å²) in [7, 11) is 1.74. The highest BCUT2D eigenvalue weighted by molar-refractivity contribution is 6.40. The van der Waals surface area contributed by atoms with Crippen molar-refractivity contribution in [2.75, 3.05) is 42.3 Å². The van der Waals surface area contributed by atoms with E-state index in [1.165, 1.54) is 41.3 Å². The minimum atomic E-state index is -1.24. The van der Waals surface area contributed by atoms with Crippen LogP contribution in [0.3, 0.4) is 0 Å². The molecule has 3 aromatic carbocycles. The summed E-state index contributed by atoms with van der Waals surface area (Å²) in [6.07, 6.45) is 5.56. The number of carbonyl (C=O) groups excluding carboxylic acids is 4. The number of nitrogens with one attached hydrogen (secondary N) is 3. The lowest BCUT2D eigenvalue weighted by atomic mass is 9.91. The average molecular weight is 744 g/mol. The third kappa shape index (κ3) is 9.21. The Morgan fingerprint density at radius 1 is 0.943 bits per heavy atom. The van der Waals surface area contributed by atoms with Crippen LogP contribution >= 0.6 is 11.6 Å². The van der Waals surface area contributed by atoms with E-state index in [1.54, 1.807) is 48.4 Å². The van der Waals surface area contributed by atoms with E-state index in [4.69, 9.17) is 16.3 Å². The summed E-state index contributed by atoms with van der Waals surface area (Å²) in [5.74, 6) is -3.96. The van der Waals surface area contributed by atoms with E-state index in [1.807, 2.05) is 0 Å². The van der Waals surface area contributed by atoms with Gasteiger partial charge in [-0.25, -0.2) is 4.79 Å². The number of ether oxygens (including phenoxy) is 1. The van der Waals surface area contributed by atoms with Crippen LogP contribution in [0.1, 0.15) is 41.6 Å². The normalized spacial score (nSPS) is 18.2. The molecule has 1 aliphatic carbocycles. The molecule has 276 valence electrons. The quantitative estimate of drug-likeness (QED) is 0.165. The standard InChI is InChI=1S/C36H38ClN9O7/c1-53-28-13-11-26(12-14-28)44-16-17-45(32(47)20-44)27-9-2-22(3-10-27)18-30(33(48)39-25-7-4-23(5-8-25)36(51)52)41-35(50)34(49)40-29-19-24(37)6-15-31(29)46-21-38-42-43-46/h2-10,15,19,21,26,28,30H,11-14,16-18,20H2,1H3,(H,39,48)(H,40,49)(H,41,50)(H,51,52). The molecule has 2 heterocycles. The number of methoxy groups -OCH3 is 1. The molecule has 17 heteroatoms. The monoisotopic (exact) mass is 743 g/mol. The average Bonchev–Trinajstić information content (AvgIpc) is 3.70. The molecule has 0 bridgehead atoms. The molecular weight excluding hydrogens is 706 g/mol. The molecular formula is C36H38ClN9O7. The van der Waals surface area contributed by atoms with Crippen LogP contribution < -0.4 is 20.9 Å². The third-order valence-corrected chi connectivity index (χ3v) is 9.70. The Balaban J connectivity index is 1.14. The van der Waals surface area contributed by atoms with Crippen molar-refractivity contribution in [3.63, 3.8) is 0 Å². The van der Waals surface area contributed by atoms with Gasteiger partial charge in [-0.05, 0) is 96.3 Å². The summed E-state index contributed by atoms with van der Waals surface area (Å²) in [5.41, 5.74) is 2.16. The van der Waals surface area contributed by atoms with E-state index in [0.717, 1.165) is 32.2 Å². The lowest BCUT2D eigenvalue weighted by Crippen LogP contribution is -2.54. The maximum Gasteiger partial charge on any atom is 0.335 e. The Kier molecular flexibility index (Phi) is 11.7. The van der Waals surface area contributed by atoms with Gasteiger partial charge in [0.2, 0.25) is 11.8 Å². The van der Waals surface area contributed by atoms with Crippen LogP contribution in [0, 0.1) is 0 Å². The number of amides is 4. The molecule has 0 spiro atoms. The van der Waals surface area contributed by atoms with E-state index in [2.05, 4.69) is 36.4 Å². The molecule has 1 saturated carbocycles. The highest BCUT2D eigenvalue weighted by Gasteiger charge is 2.32. The maximum atomic E-state index is 13.6. The number of piperazine rings is 1. The van der Waals surface area contributed by atoms with Crippen molar-refractivity contribution in [1.82, 2.24) is 30.4 Å². The summed E-state index contributed by atoms with van der Waals surface area (Å²) in [5, 5.41) is 28.2. The fourth-order valence-corrected chi connectivity index (χ4v) is 6.76. The highest BCUT2D eigenvalue weighted by Crippen LogP contribution is 2.28. The van der Waals surface area contributed by atoms with Crippen LogP contribution in [0.5, 0.6) is 0 Å². The predicted molar refractivity (Wildman–Crippen MR) is 194 cm³/mol. The zero-order chi connectivity index (χ0) is 37.5. The third-order valence-electron chi connectivity index (χ3n) is 9.46. The Bertz CT molecular complexity index is 1950. The summed E-state index contributed by atoms with van der Waals surface area (Å²) >= 11 is 6.15. The van der Waals surface area contributed by atoms with Crippen LogP contribution in [-0.4, -0.2) is 105 Å². The lowest BCUT2D eigenvalue weighted by molar-refractivity contribution is -0.137. The van der Waals surface area contributed by atoms with Crippen LogP contribution in [0.4, 0.5) is 17.1 Å². The van der Waals surface area contributed by atoms with Gasteiger partial charge in [0.25, 0.3) is 0 Å². The summed E-state index contributed by atoms with van der Waals surface area (Å²) in [6, 6.07) is 16.3. The number of hydrogen-bond donors (Lipinski definition) is 4. The van der Waals surface area contributed by atoms with E-state index < -0.39 is 29.7 Å². The molecule has 16 nitrogen and oxygen atoms in total. The number of nitrogens with zero attached hydrogens (tertiary/aromatic N) is 6. The fraction of sp³-hybridized carbons (Fsp3) is 0.333. The van der Waals surface area contributed by atoms with Crippen molar-refractivity contribution in [3.8, 4) is 5.69 Å². The minimum absolute atomic E-state index is 0.00487. The van der Waals surface area contributed by atoms with Crippen LogP contribution in [0.15, 0.2) is 73.1 Å². The Labute approximate surface area is 309 Å². The number of rotatable bonds is 11. The maximum absolute atomic E-state index is 13.6. The summed E-state index contributed by atoms with van der Waals surface area (Å²) in [4.78, 5) is 68.6. The molecule has 53 heavy (non-hydrogen) atoms. The Morgan fingerprint density at radius 2 is 1.68 bits per heavy atom. The number of halogens is 1. The largest absolute Gasteiger partial charge is 0.478 e. The van der Waals surface area contributed by atoms with E-state index in [0.29, 0.717) is 36.1 Å². The molecule has 1 aliphatic heterocycles. The summed E-state index contributed by atoms with van der Waals surface area (Å²) in [6.45, 7) is 1.63. The minimum Gasteiger partial charge on any atom is -0.478 e. The number of carbonyl (C=O) groups is 5. The zero-order valence-corrected chi connectivity index (χ0v) is 29.5. The second-order valence-corrected chi connectivity index (χ2v) is 13.3. The predicted octanol–water partition coefficient (Wildman–Crippen LogP) is 2.92. The van der Waals surface area contributed by atoms with Gasteiger partial charge in [0.05, 0.1) is 29.6 Å². The first kappa shape index (κ1) is 37.1. The number of anilines is 3. The Hall–Kier alpha value is -5.71. The van der Waals surface area contributed by atoms with Gasteiger partial charge in [-0.3, -0.25) is 24.1 Å². The first-order valence-corrected chi connectivity index (χ1v) is 17.4. The van der Waals surface area contributed by atoms with Gasteiger partial charge < -0.3 is 30.7 Å². The first-order valence-electron chi connectivity index (χ1n) is 17.0. The number of aromatic carboxylic acids is 1. The molecule has 4 amide bonds. The van der Waals surface area contributed by atoms with Gasteiger partial charge in [0.15, 0.2) is 0 Å². The van der Waals surface area contributed by atoms with Crippen molar-refractivity contribution < 1.29 is 33.8 Å². The number of hydrogen-bond acceptors (Lipinski definition) is 10. The topological polar surface area (TPSA) is 201 Å². The number of carboxylic acid groups (broad SMARTS) is 1. The molecule has 0 radical (unpaired) electrons. The van der Waals surface area contributed by atoms with E-state index >= 15 is 0 Å². The number of carboxylic acids is 1. The van der Waals surface area contributed by atoms with Gasteiger partial charge >= 0.3 is 17.8 Å². The van der Waals surface area contributed by atoms with Crippen molar-refractivity contribution in [3.05, 3.63) is 89.2 Å². The number of tetrazole rings is 1. The van der Waals surface area contributed by atoms with Gasteiger partial charge in [0, 0.05) is 49.1 Å². The molecule has 2 fully saturated rings. The SMILES string of the molecule is COC1CCC(N2CCN(c3ccc(CC(NC(=O)C(=O)Nc4cc(Cl)ccc4-n4cnnn4)C(=O)Nc4ccc(C(=O)O)cc4)cc3)C(=O)C2)CC1. The molecule has 1 unspecified atom stereocenters. The molecule has 4 aromatic rings. The Morgan fingerprint density at radius 3 is 2.32 bits per heavy atom. The van der Waals surface area contributed by atoms with Crippen LogP contribution in [0.2, 0.25) is 5.02 Å². The van der Waals surface area contributed by atoms with Crippen molar-refractivity contribution in [2.45, 2.75) is 50.3 Å². The van der Waals surface area contributed by atoms with Gasteiger partial charge in [-0.2, -0.15) is 4.68 Å². The zero-order valence-electron chi connectivity index (χ0n) is 28.8. The molecule has 4 N–H and O–H groups in total. The second kappa shape index (κ2) is 16.8. The second-order valence-electron chi connectivity index (χ2n) is 12.8. The molecule has 6 rings (SSSR count). The highest BCUT2D eigenvalue weighted by atomic mass is 35.5. The van der Waals surface area contributed by atoms with Crippen LogP contribution in [-0.2, 0) is 30.3 Å². The molecule has 2 aliphatic rings.